The summed E-state index contributed by atoms with van der Waals surface area (Å²) < 4.78 is 5.74. The van der Waals surface area contributed by atoms with Gasteiger partial charge >= 0.3 is 0 Å². The summed E-state index contributed by atoms with van der Waals surface area (Å²) in [6, 6.07) is 6.31. The van der Waals surface area contributed by atoms with Crippen molar-refractivity contribution in [3.05, 3.63) is 33.8 Å². The summed E-state index contributed by atoms with van der Waals surface area (Å²) in [5.41, 5.74) is 1.30. The number of halogens is 2. The minimum Gasteiger partial charge on any atom is -0.378 e. The molecule has 20 heavy (non-hydrogen) atoms. The smallest absolute Gasteiger partial charge is 0.0693 e. The first-order valence-corrected chi connectivity index (χ1v) is 8.06. The van der Waals surface area contributed by atoms with Crippen molar-refractivity contribution >= 4 is 23.2 Å². The standard InChI is InChI=1S/C16H23Cl2NO/c1-3-19-13(11-16(20-2)7-4-8-16)9-12-5-6-14(17)15(18)10-12/h5-6,10,13,19H,3-4,7-9,11H2,1-2H3. The third kappa shape index (κ3) is 3.88. The van der Waals surface area contributed by atoms with E-state index in [9.17, 15) is 0 Å². The Hall–Kier alpha value is -0.280. The molecule has 0 aromatic heterocycles. The Labute approximate surface area is 131 Å². The zero-order chi connectivity index (χ0) is 14.6. The van der Waals surface area contributed by atoms with Gasteiger partial charge in [-0.25, -0.2) is 0 Å². The predicted octanol–water partition coefficient (Wildman–Crippen LogP) is 4.47. The zero-order valence-electron chi connectivity index (χ0n) is 12.2. The number of hydrogen-bond acceptors (Lipinski definition) is 2. The third-order valence-corrected chi connectivity index (χ3v) is 5.01. The molecule has 0 amide bonds. The van der Waals surface area contributed by atoms with Gasteiger partial charge in [-0.1, -0.05) is 36.2 Å². The van der Waals surface area contributed by atoms with E-state index in [4.69, 9.17) is 27.9 Å². The lowest BCUT2D eigenvalue weighted by atomic mass is 9.75. The minimum absolute atomic E-state index is 0.0864. The molecule has 2 nitrogen and oxygen atoms in total. The summed E-state index contributed by atoms with van der Waals surface area (Å²) in [6.07, 6.45) is 5.63. The average molecular weight is 316 g/mol. The van der Waals surface area contributed by atoms with Crippen LogP contribution in [0.2, 0.25) is 10.0 Å². The van der Waals surface area contributed by atoms with E-state index in [1.807, 2.05) is 19.2 Å². The van der Waals surface area contributed by atoms with Gasteiger partial charge in [-0.05, 0) is 56.3 Å². The normalized spacial score (nSPS) is 18.6. The molecule has 1 saturated carbocycles. The van der Waals surface area contributed by atoms with E-state index in [0.717, 1.165) is 19.4 Å². The lowest BCUT2D eigenvalue weighted by Crippen LogP contribution is -2.46. The molecule has 1 aliphatic carbocycles. The van der Waals surface area contributed by atoms with Crippen LogP contribution in [0, 0.1) is 0 Å². The van der Waals surface area contributed by atoms with Gasteiger partial charge < -0.3 is 10.1 Å². The molecule has 0 saturated heterocycles. The first kappa shape index (κ1) is 16.1. The predicted molar refractivity (Wildman–Crippen MR) is 85.8 cm³/mol. The molecule has 2 rings (SSSR count). The van der Waals surface area contributed by atoms with Gasteiger partial charge in [0.15, 0.2) is 0 Å². The zero-order valence-corrected chi connectivity index (χ0v) is 13.7. The van der Waals surface area contributed by atoms with Crippen LogP contribution >= 0.6 is 23.2 Å². The molecule has 1 aromatic carbocycles. The first-order chi connectivity index (χ1) is 9.58. The number of hydrogen-bond donors (Lipinski definition) is 1. The second-order valence-electron chi connectivity index (χ2n) is 5.65. The maximum Gasteiger partial charge on any atom is 0.0693 e. The second-order valence-corrected chi connectivity index (χ2v) is 6.47. The van der Waals surface area contributed by atoms with E-state index in [1.165, 1.54) is 24.8 Å². The van der Waals surface area contributed by atoms with Crippen LogP contribution in [0.5, 0.6) is 0 Å². The summed E-state index contributed by atoms with van der Waals surface area (Å²) in [5.74, 6) is 0. The van der Waals surface area contributed by atoms with Gasteiger partial charge in [0.2, 0.25) is 0 Å². The molecule has 0 aliphatic heterocycles. The fourth-order valence-corrected chi connectivity index (χ4v) is 3.29. The molecule has 0 heterocycles. The van der Waals surface area contributed by atoms with Crippen molar-refractivity contribution in [1.82, 2.24) is 5.32 Å². The summed E-state index contributed by atoms with van der Waals surface area (Å²) in [6.45, 7) is 3.11. The number of likely N-dealkylation sites (N-methyl/N-ethyl adjacent to an activating group) is 1. The van der Waals surface area contributed by atoms with Gasteiger partial charge in [-0.2, -0.15) is 0 Å². The molecule has 0 radical (unpaired) electrons. The maximum absolute atomic E-state index is 6.10. The van der Waals surface area contributed by atoms with Crippen molar-refractivity contribution in [2.75, 3.05) is 13.7 Å². The molecule has 1 aromatic rings. The van der Waals surface area contributed by atoms with Gasteiger partial charge in [0.25, 0.3) is 0 Å². The Bertz CT molecular complexity index is 441. The molecule has 1 fully saturated rings. The van der Waals surface area contributed by atoms with E-state index in [2.05, 4.69) is 18.3 Å². The van der Waals surface area contributed by atoms with Gasteiger partial charge in [-0.15, -0.1) is 0 Å². The average Bonchev–Trinajstić information content (AvgIpc) is 2.38. The largest absolute Gasteiger partial charge is 0.378 e. The highest BCUT2D eigenvalue weighted by Crippen LogP contribution is 2.39. The Morgan fingerprint density at radius 3 is 2.55 bits per heavy atom. The van der Waals surface area contributed by atoms with Crippen LogP contribution in [-0.2, 0) is 11.2 Å². The fraction of sp³-hybridized carbons (Fsp3) is 0.625. The fourth-order valence-electron chi connectivity index (χ4n) is 2.97. The molecular weight excluding hydrogens is 293 g/mol. The lowest BCUT2D eigenvalue weighted by Gasteiger charge is -2.43. The number of nitrogens with one attached hydrogen (secondary N) is 1. The molecule has 1 aliphatic rings. The topological polar surface area (TPSA) is 21.3 Å². The van der Waals surface area contributed by atoms with Gasteiger partial charge in [0.1, 0.15) is 0 Å². The Morgan fingerprint density at radius 2 is 2.05 bits per heavy atom. The van der Waals surface area contributed by atoms with Crippen LogP contribution in [0.1, 0.15) is 38.2 Å². The molecule has 1 unspecified atom stereocenters. The van der Waals surface area contributed by atoms with Crippen LogP contribution < -0.4 is 5.32 Å². The number of ether oxygens (including phenoxy) is 1. The lowest BCUT2D eigenvalue weighted by molar-refractivity contribution is -0.0833. The van der Waals surface area contributed by atoms with Crippen LogP contribution in [0.4, 0.5) is 0 Å². The van der Waals surface area contributed by atoms with E-state index in [0.29, 0.717) is 16.1 Å². The third-order valence-electron chi connectivity index (χ3n) is 4.28. The van der Waals surface area contributed by atoms with Crippen molar-refractivity contribution in [3.8, 4) is 0 Å². The highest BCUT2D eigenvalue weighted by molar-refractivity contribution is 6.42. The summed E-state index contributed by atoms with van der Waals surface area (Å²) in [5, 5.41) is 4.81. The highest BCUT2D eigenvalue weighted by atomic mass is 35.5. The highest BCUT2D eigenvalue weighted by Gasteiger charge is 2.38. The number of methoxy groups -OCH3 is 1. The maximum atomic E-state index is 6.10. The number of rotatable bonds is 7. The number of benzene rings is 1. The van der Waals surface area contributed by atoms with Crippen LogP contribution in [0.25, 0.3) is 0 Å². The molecule has 0 spiro atoms. The van der Waals surface area contributed by atoms with E-state index in [1.54, 1.807) is 0 Å². The van der Waals surface area contributed by atoms with Crippen LogP contribution in [0.3, 0.4) is 0 Å². The Kier molecular flexibility index (Phi) is 5.74. The first-order valence-electron chi connectivity index (χ1n) is 7.31. The van der Waals surface area contributed by atoms with Crippen molar-refractivity contribution < 1.29 is 4.74 Å². The molecular formula is C16H23Cl2NO. The van der Waals surface area contributed by atoms with Gasteiger partial charge in [0.05, 0.1) is 15.6 Å². The molecule has 1 N–H and O–H groups in total. The summed E-state index contributed by atoms with van der Waals surface area (Å²) in [4.78, 5) is 0. The molecule has 4 heteroatoms. The molecule has 0 bridgehead atoms. The summed E-state index contributed by atoms with van der Waals surface area (Å²) in [7, 11) is 1.83. The SMILES string of the molecule is CCNC(Cc1ccc(Cl)c(Cl)c1)CC1(OC)CCC1. The van der Waals surface area contributed by atoms with Crippen LogP contribution in [0.15, 0.2) is 18.2 Å². The molecule has 112 valence electrons. The van der Waals surface area contributed by atoms with E-state index < -0.39 is 0 Å². The molecule has 1 atom stereocenters. The van der Waals surface area contributed by atoms with Crippen LogP contribution in [-0.4, -0.2) is 25.3 Å². The van der Waals surface area contributed by atoms with Crippen molar-refractivity contribution in [2.24, 2.45) is 0 Å². The monoisotopic (exact) mass is 315 g/mol. The van der Waals surface area contributed by atoms with E-state index in [-0.39, 0.29) is 5.60 Å². The Morgan fingerprint density at radius 1 is 1.30 bits per heavy atom. The van der Waals surface area contributed by atoms with Crippen molar-refractivity contribution in [1.29, 1.82) is 0 Å². The second kappa shape index (κ2) is 7.13. The quantitative estimate of drug-likeness (QED) is 0.801. The van der Waals surface area contributed by atoms with E-state index >= 15 is 0 Å². The Balaban J connectivity index is 2.02. The van der Waals surface area contributed by atoms with Crippen molar-refractivity contribution in [3.63, 3.8) is 0 Å². The van der Waals surface area contributed by atoms with Gasteiger partial charge in [-0.3, -0.25) is 0 Å². The van der Waals surface area contributed by atoms with Gasteiger partial charge in [0, 0.05) is 13.2 Å². The summed E-state index contributed by atoms with van der Waals surface area (Å²) >= 11 is 12.1. The van der Waals surface area contributed by atoms with Crippen molar-refractivity contribution in [2.45, 2.75) is 50.7 Å². The minimum atomic E-state index is 0.0864.